The van der Waals surface area contributed by atoms with Crippen molar-refractivity contribution < 1.29 is 23.1 Å². The second-order valence-electron chi connectivity index (χ2n) is 12.0. The molecule has 2 fully saturated rings. The third-order valence-electron chi connectivity index (χ3n) is 8.94. The van der Waals surface area contributed by atoms with Crippen LogP contribution in [0.3, 0.4) is 0 Å². The number of nitrogens with zero attached hydrogens (tertiary/aromatic N) is 4. The zero-order valence-corrected chi connectivity index (χ0v) is 26.2. The molecule has 6 rings (SSSR count). The topological polar surface area (TPSA) is 121 Å². The van der Waals surface area contributed by atoms with E-state index in [2.05, 4.69) is 15.5 Å². The van der Waals surface area contributed by atoms with Gasteiger partial charge in [-0.2, -0.15) is 0 Å². The molecule has 4 heterocycles. The molecule has 11 nitrogen and oxygen atoms in total. The number of rotatable bonds is 8. The lowest BCUT2D eigenvalue weighted by atomic mass is 10.0. The Morgan fingerprint density at radius 2 is 1.87 bits per heavy atom. The first-order valence-corrected chi connectivity index (χ1v) is 15.7. The average molecular weight is 657 g/mol. The summed E-state index contributed by atoms with van der Waals surface area (Å²) in [6, 6.07) is 7.66. The van der Waals surface area contributed by atoms with Crippen LogP contribution in [0.5, 0.6) is 0 Å². The minimum absolute atomic E-state index is 0.0162. The summed E-state index contributed by atoms with van der Waals surface area (Å²) < 4.78 is 36.5. The van der Waals surface area contributed by atoms with Crippen molar-refractivity contribution in [3.63, 3.8) is 0 Å². The maximum atomic E-state index is 14.4. The molecule has 3 aromatic rings. The summed E-state index contributed by atoms with van der Waals surface area (Å²) in [7, 11) is 0. The number of aromatic nitrogens is 2. The summed E-state index contributed by atoms with van der Waals surface area (Å²) >= 11 is 6.24. The molecule has 3 amide bonds. The number of epoxide rings is 1. The van der Waals surface area contributed by atoms with E-state index in [9.17, 15) is 28.0 Å². The molecule has 0 bridgehead atoms. The van der Waals surface area contributed by atoms with Gasteiger partial charge in [-0.15, -0.1) is 0 Å². The highest BCUT2D eigenvalue weighted by atomic mass is 35.5. The largest absolute Gasteiger partial charge is 0.354 e. The van der Waals surface area contributed by atoms with Crippen molar-refractivity contribution in [3.05, 3.63) is 85.7 Å². The quantitative estimate of drug-likeness (QED) is 0.358. The Kier molecular flexibility index (Phi) is 8.99. The predicted molar refractivity (Wildman–Crippen MR) is 168 cm³/mol. The van der Waals surface area contributed by atoms with Crippen LogP contribution in [0.15, 0.2) is 52.2 Å². The first-order valence-electron chi connectivity index (χ1n) is 15.3. The van der Waals surface area contributed by atoms with Gasteiger partial charge in [0.05, 0.1) is 23.2 Å². The van der Waals surface area contributed by atoms with Crippen molar-refractivity contribution in [3.8, 4) is 11.1 Å². The van der Waals surface area contributed by atoms with Crippen LogP contribution < -0.4 is 21.9 Å². The van der Waals surface area contributed by atoms with Crippen LogP contribution in [0.4, 0.5) is 19.3 Å². The Morgan fingerprint density at radius 1 is 1.11 bits per heavy atom. The number of benzene rings is 2. The van der Waals surface area contributed by atoms with Gasteiger partial charge in [-0.05, 0) is 56.0 Å². The molecule has 2 unspecified atom stereocenters. The number of amides is 3. The standard InChI is InChI=1S/C32H35ClF2N6O5/c1-18(15-36-19(2)42)41-29(43)24(23-4-3-5-25(35)28(23)33)16-39(32(41)45)17-27-30(46-27)38-11-9-22(10-12-38)40-13-8-20-14-21(34)6-7-26(20)37-31(40)44/h3-7,14,16,18,22,27,30H,8-13,15,17H2,1-2H3,(H,36,42)(H,37,44)/t18-,27?,30?/m0/s1. The minimum atomic E-state index is -0.695. The summed E-state index contributed by atoms with van der Waals surface area (Å²) in [5.74, 6) is -1.33. The summed E-state index contributed by atoms with van der Waals surface area (Å²) in [6.07, 6.45) is 2.79. The SMILES string of the molecule is CC(=O)NC[C@H](C)n1c(=O)c(-c2cccc(F)c2Cl)cn(CC2OC2N2CCC(N3CCc4cc(F)ccc4NC3=O)CC2)c1=O. The lowest BCUT2D eigenvalue weighted by molar-refractivity contribution is -0.119. The molecule has 46 heavy (non-hydrogen) atoms. The van der Waals surface area contributed by atoms with Crippen LogP contribution in [0.2, 0.25) is 5.02 Å². The van der Waals surface area contributed by atoms with Gasteiger partial charge >= 0.3 is 11.7 Å². The number of halogens is 3. The number of anilines is 1. The fraction of sp³-hybridized carbons (Fsp3) is 0.438. The number of likely N-dealkylation sites (tertiary alicyclic amines) is 1. The van der Waals surface area contributed by atoms with Crippen LogP contribution >= 0.6 is 11.6 Å². The van der Waals surface area contributed by atoms with Crippen LogP contribution in [-0.4, -0.2) is 75.4 Å². The van der Waals surface area contributed by atoms with Gasteiger partial charge in [0.1, 0.15) is 24.0 Å². The lowest BCUT2D eigenvalue weighted by Crippen LogP contribution is -2.49. The molecule has 3 aliphatic rings. The first-order chi connectivity index (χ1) is 22.0. The Bertz CT molecular complexity index is 1790. The normalized spacial score (nSPS) is 20.9. The number of fused-ring (bicyclic) bond motifs is 1. The van der Waals surface area contributed by atoms with E-state index in [1.54, 1.807) is 13.0 Å². The molecule has 0 spiro atoms. The van der Waals surface area contributed by atoms with Gasteiger partial charge in [0.15, 0.2) is 0 Å². The fourth-order valence-corrected chi connectivity index (χ4v) is 6.65. The van der Waals surface area contributed by atoms with Crippen LogP contribution in [0.1, 0.15) is 38.3 Å². The highest BCUT2D eigenvalue weighted by Crippen LogP contribution is 2.33. The van der Waals surface area contributed by atoms with E-state index in [1.807, 2.05) is 4.90 Å². The molecule has 244 valence electrons. The van der Waals surface area contributed by atoms with Crippen molar-refractivity contribution in [2.75, 3.05) is 31.5 Å². The third kappa shape index (κ3) is 6.44. The second kappa shape index (κ2) is 13.0. The van der Waals surface area contributed by atoms with Crippen molar-refractivity contribution in [1.29, 1.82) is 0 Å². The molecule has 2 aromatic carbocycles. The summed E-state index contributed by atoms with van der Waals surface area (Å²) in [5.41, 5.74) is 0.387. The van der Waals surface area contributed by atoms with Crippen molar-refractivity contribution >= 4 is 29.2 Å². The maximum absolute atomic E-state index is 14.4. The van der Waals surface area contributed by atoms with Crippen molar-refractivity contribution in [1.82, 2.24) is 24.3 Å². The van der Waals surface area contributed by atoms with E-state index in [4.69, 9.17) is 16.3 Å². The monoisotopic (exact) mass is 656 g/mol. The minimum Gasteiger partial charge on any atom is -0.354 e. The zero-order valence-electron chi connectivity index (χ0n) is 25.5. The van der Waals surface area contributed by atoms with Crippen LogP contribution in [-0.2, 0) is 22.5 Å². The van der Waals surface area contributed by atoms with E-state index in [0.29, 0.717) is 31.7 Å². The van der Waals surface area contributed by atoms with E-state index >= 15 is 0 Å². The number of carbonyl (C=O) groups excluding carboxylic acids is 2. The molecule has 2 saturated heterocycles. The number of hydrogen-bond acceptors (Lipinski definition) is 6. The molecular formula is C32H35ClF2N6O5. The number of carbonyl (C=O) groups is 2. The van der Waals surface area contributed by atoms with Gasteiger partial charge in [0.25, 0.3) is 5.56 Å². The van der Waals surface area contributed by atoms with Crippen LogP contribution in [0, 0.1) is 11.6 Å². The fourth-order valence-electron chi connectivity index (χ4n) is 6.42. The number of urea groups is 1. The Hall–Kier alpha value is -4.07. The van der Waals surface area contributed by atoms with E-state index in [-0.39, 0.29) is 65.4 Å². The molecule has 3 aliphatic heterocycles. The molecule has 1 aromatic heterocycles. The van der Waals surface area contributed by atoms with Gasteiger partial charge in [-0.25, -0.2) is 18.4 Å². The maximum Gasteiger partial charge on any atom is 0.331 e. The van der Waals surface area contributed by atoms with E-state index < -0.39 is 23.1 Å². The summed E-state index contributed by atoms with van der Waals surface area (Å²) in [4.78, 5) is 55.7. The van der Waals surface area contributed by atoms with Crippen molar-refractivity contribution in [2.24, 2.45) is 0 Å². The van der Waals surface area contributed by atoms with Gasteiger partial charge < -0.3 is 20.3 Å². The van der Waals surface area contributed by atoms with Crippen LogP contribution in [0.25, 0.3) is 11.1 Å². The molecule has 0 radical (unpaired) electrons. The number of hydrogen-bond donors (Lipinski definition) is 2. The van der Waals surface area contributed by atoms with Gasteiger partial charge in [0.2, 0.25) is 5.91 Å². The molecule has 0 saturated carbocycles. The second-order valence-corrected chi connectivity index (χ2v) is 12.4. The first kappa shape index (κ1) is 31.9. The van der Waals surface area contributed by atoms with E-state index in [0.717, 1.165) is 23.0 Å². The van der Waals surface area contributed by atoms with Crippen molar-refractivity contribution in [2.45, 2.75) is 64.1 Å². The van der Waals surface area contributed by atoms with E-state index in [1.165, 1.54) is 48.0 Å². The van der Waals surface area contributed by atoms with Gasteiger partial charge in [-0.3, -0.25) is 23.6 Å². The van der Waals surface area contributed by atoms with Gasteiger partial charge in [-0.1, -0.05) is 23.7 Å². The van der Waals surface area contributed by atoms with Gasteiger partial charge in [0, 0.05) is 56.6 Å². The number of piperidine rings is 1. The zero-order chi connectivity index (χ0) is 32.7. The smallest absolute Gasteiger partial charge is 0.331 e. The predicted octanol–water partition coefficient (Wildman–Crippen LogP) is 3.59. The number of nitrogens with one attached hydrogen (secondary N) is 2. The Labute approximate surface area is 268 Å². The summed E-state index contributed by atoms with van der Waals surface area (Å²) in [5, 5.41) is 5.31. The third-order valence-corrected chi connectivity index (χ3v) is 9.32. The highest BCUT2D eigenvalue weighted by molar-refractivity contribution is 6.33. The molecule has 0 aliphatic carbocycles. The molecular weight excluding hydrogens is 622 g/mol. The Balaban J connectivity index is 1.15. The molecule has 3 atom stereocenters. The Morgan fingerprint density at radius 3 is 2.61 bits per heavy atom. The lowest BCUT2D eigenvalue weighted by Gasteiger charge is -2.37. The highest BCUT2D eigenvalue weighted by Gasteiger charge is 2.45. The number of ether oxygens (including phenoxy) is 1. The summed E-state index contributed by atoms with van der Waals surface area (Å²) in [6.45, 7) is 5.00. The molecule has 2 N–H and O–H groups in total. The molecule has 14 heteroatoms. The average Bonchev–Trinajstić information content (AvgIpc) is 3.81.